The number of hydrogen-bond donors (Lipinski definition) is 3. The van der Waals surface area contributed by atoms with Crippen molar-refractivity contribution in [2.75, 3.05) is 59.0 Å². The molecule has 3 saturated heterocycles. The van der Waals surface area contributed by atoms with E-state index in [-0.39, 0.29) is 6.61 Å². The Bertz CT molecular complexity index is 349. The number of piperazine rings is 3. The van der Waals surface area contributed by atoms with E-state index < -0.39 is 0 Å². The summed E-state index contributed by atoms with van der Waals surface area (Å²) in [4.78, 5) is 9.91. The zero-order valence-electron chi connectivity index (χ0n) is 14.9. The molecule has 2 unspecified atom stereocenters. The summed E-state index contributed by atoms with van der Waals surface area (Å²) in [6.45, 7) is 13.2. The molecule has 0 spiro atoms. The summed E-state index contributed by atoms with van der Waals surface area (Å²) >= 11 is 0. The van der Waals surface area contributed by atoms with Crippen molar-refractivity contribution in [3.05, 3.63) is 0 Å². The molecule has 6 heteroatoms. The molecule has 2 bridgehead atoms. The van der Waals surface area contributed by atoms with Crippen molar-refractivity contribution >= 4 is 5.96 Å². The minimum absolute atomic E-state index is 0.261. The first-order valence-corrected chi connectivity index (χ1v) is 9.36. The van der Waals surface area contributed by atoms with Crippen LogP contribution in [0, 0.1) is 5.92 Å². The number of nitrogens with zero attached hydrogens (tertiary/aromatic N) is 3. The van der Waals surface area contributed by atoms with Crippen molar-refractivity contribution in [1.82, 2.24) is 20.4 Å². The van der Waals surface area contributed by atoms with Crippen LogP contribution in [0.1, 0.15) is 33.1 Å². The van der Waals surface area contributed by atoms with E-state index in [0.29, 0.717) is 12.0 Å². The first-order valence-electron chi connectivity index (χ1n) is 9.36. The SMILES string of the molecule is CCCC(CCO)CN=C(NCC)NCC1CN2CCN1CC2. The highest BCUT2D eigenvalue weighted by molar-refractivity contribution is 5.79. The van der Waals surface area contributed by atoms with Gasteiger partial charge in [-0.1, -0.05) is 13.3 Å². The fourth-order valence-electron chi connectivity index (χ4n) is 3.61. The molecule has 3 heterocycles. The molecule has 3 fully saturated rings. The maximum atomic E-state index is 9.18. The van der Waals surface area contributed by atoms with E-state index in [1.54, 1.807) is 0 Å². The molecule has 0 aliphatic carbocycles. The second-order valence-corrected chi connectivity index (χ2v) is 6.76. The van der Waals surface area contributed by atoms with Crippen LogP contribution in [0.25, 0.3) is 0 Å². The zero-order chi connectivity index (χ0) is 16.5. The van der Waals surface area contributed by atoms with Gasteiger partial charge in [0.2, 0.25) is 0 Å². The van der Waals surface area contributed by atoms with Gasteiger partial charge in [-0.2, -0.15) is 0 Å². The predicted molar refractivity (Wildman–Crippen MR) is 95.9 cm³/mol. The maximum absolute atomic E-state index is 9.18. The Morgan fingerprint density at radius 3 is 2.52 bits per heavy atom. The van der Waals surface area contributed by atoms with Crippen LogP contribution in [0.4, 0.5) is 0 Å². The molecule has 134 valence electrons. The normalized spacial score (nSPS) is 28.7. The van der Waals surface area contributed by atoms with Crippen molar-refractivity contribution < 1.29 is 5.11 Å². The molecule has 0 aromatic carbocycles. The molecule has 3 aliphatic heterocycles. The minimum Gasteiger partial charge on any atom is -0.396 e. The van der Waals surface area contributed by atoms with Crippen LogP contribution in [0.15, 0.2) is 4.99 Å². The van der Waals surface area contributed by atoms with Crippen molar-refractivity contribution in [3.63, 3.8) is 0 Å². The molecule has 3 aliphatic rings. The Labute approximate surface area is 141 Å². The van der Waals surface area contributed by atoms with E-state index in [0.717, 1.165) is 44.9 Å². The Balaban J connectivity index is 1.81. The molecule has 0 radical (unpaired) electrons. The predicted octanol–water partition coefficient (Wildman–Crippen LogP) is 0.340. The lowest BCUT2D eigenvalue weighted by Gasteiger charge is -2.47. The summed E-state index contributed by atoms with van der Waals surface area (Å²) in [5, 5.41) is 16.0. The quantitative estimate of drug-likeness (QED) is 0.421. The van der Waals surface area contributed by atoms with Crippen LogP contribution in [0.2, 0.25) is 0 Å². The van der Waals surface area contributed by atoms with Gasteiger partial charge in [0.15, 0.2) is 5.96 Å². The van der Waals surface area contributed by atoms with E-state index in [1.165, 1.54) is 32.7 Å². The van der Waals surface area contributed by atoms with Gasteiger partial charge in [0.25, 0.3) is 0 Å². The molecule has 3 rings (SSSR count). The number of aliphatic hydroxyl groups excluding tert-OH is 1. The second-order valence-electron chi connectivity index (χ2n) is 6.76. The lowest BCUT2D eigenvalue weighted by molar-refractivity contribution is 0.0154. The highest BCUT2D eigenvalue weighted by Gasteiger charge is 2.31. The van der Waals surface area contributed by atoms with Crippen molar-refractivity contribution in [2.45, 2.75) is 39.2 Å². The smallest absolute Gasteiger partial charge is 0.191 e. The van der Waals surface area contributed by atoms with E-state index in [4.69, 9.17) is 4.99 Å². The average molecular weight is 326 g/mol. The molecule has 0 amide bonds. The van der Waals surface area contributed by atoms with Crippen LogP contribution >= 0.6 is 0 Å². The van der Waals surface area contributed by atoms with Crippen molar-refractivity contribution in [1.29, 1.82) is 0 Å². The lowest BCUT2D eigenvalue weighted by atomic mass is 10.0. The Kier molecular flexibility index (Phi) is 8.12. The molecule has 0 aromatic rings. The first-order chi connectivity index (χ1) is 11.3. The van der Waals surface area contributed by atoms with E-state index in [2.05, 4.69) is 34.3 Å². The van der Waals surface area contributed by atoms with Gasteiger partial charge in [0, 0.05) is 65.0 Å². The fourth-order valence-corrected chi connectivity index (χ4v) is 3.61. The molecule has 0 aromatic heterocycles. The zero-order valence-corrected chi connectivity index (χ0v) is 14.9. The average Bonchev–Trinajstić information content (AvgIpc) is 2.58. The third-order valence-corrected chi connectivity index (χ3v) is 4.98. The first kappa shape index (κ1) is 18.5. The molecule has 2 atom stereocenters. The van der Waals surface area contributed by atoms with E-state index in [1.807, 2.05) is 0 Å². The molecule has 3 N–H and O–H groups in total. The van der Waals surface area contributed by atoms with Gasteiger partial charge in [-0.3, -0.25) is 14.8 Å². The summed E-state index contributed by atoms with van der Waals surface area (Å²) in [5.74, 6) is 1.41. The molecular weight excluding hydrogens is 290 g/mol. The highest BCUT2D eigenvalue weighted by atomic mass is 16.3. The number of guanidine groups is 1. The largest absolute Gasteiger partial charge is 0.396 e. The standard InChI is InChI=1S/C17H35N5O/c1-3-5-15(6-11-23)12-19-17(18-4-2)20-13-16-14-21-7-9-22(16)10-8-21/h15-16,23H,3-14H2,1-2H3,(H2,18,19,20). The van der Waals surface area contributed by atoms with Gasteiger partial charge in [-0.25, -0.2) is 0 Å². The van der Waals surface area contributed by atoms with Crippen LogP contribution in [-0.4, -0.2) is 85.9 Å². The number of fused-ring (bicyclic) bond motifs is 3. The Hall–Kier alpha value is -0.850. The summed E-state index contributed by atoms with van der Waals surface area (Å²) < 4.78 is 0. The minimum atomic E-state index is 0.261. The van der Waals surface area contributed by atoms with Crippen LogP contribution in [-0.2, 0) is 0 Å². The Morgan fingerprint density at radius 1 is 1.17 bits per heavy atom. The van der Waals surface area contributed by atoms with Crippen molar-refractivity contribution in [3.8, 4) is 0 Å². The van der Waals surface area contributed by atoms with E-state index in [9.17, 15) is 5.11 Å². The number of nitrogens with one attached hydrogen (secondary N) is 2. The van der Waals surface area contributed by atoms with Crippen LogP contribution in [0.3, 0.4) is 0 Å². The topological polar surface area (TPSA) is 63.1 Å². The van der Waals surface area contributed by atoms with Gasteiger partial charge in [0.05, 0.1) is 0 Å². The summed E-state index contributed by atoms with van der Waals surface area (Å²) in [6.07, 6.45) is 3.13. The Morgan fingerprint density at radius 2 is 1.96 bits per heavy atom. The number of aliphatic hydroxyl groups is 1. The lowest BCUT2D eigenvalue weighted by Crippen LogP contribution is -2.63. The third kappa shape index (κ3) is 5.94. The summed E-state index contributed by atoms with van der Waals surface area (Å²) in [6, 6.07) is 0.602. The molecule has 6 nitrogen and oxygen atoms in total. The van der Waals surface area contributed by atoms with Crippen LogP contribution < -0.4 is 10.6 Å². The van der Waals surface area contributed by atoms with Gasteiger partial charge >= 0.3 is 0 Å². The molecule has 23 heavy (non-hydrogen) atoms. The number of hydrogen-bond acceptors (Lipinski definition) is 4. The van der Waals surface area contributed by atoms with Gasteiger partial charge in [0.1, 0.15) is 0 Å². The summed E-state index contributed by atoms with van der Waals surface area (Å²) in [5.41, 5.74) is 0. The van der Waals surface area contributed by atoms with E-state index >= 15 is 0 Å². The fraction of sp³-hybridized carbons (Fsp3) is 0.941. The number of rotatable bonds is 9. The maximum Gasteiger partial charge on any atom is 0.191 e. The second kappa shape index (κ2) is 10.1. The third-order valence-electron chi connectivity index (χ3n) is 4.98. The monoisotopic (exact) mass is 325 g/mol. The van der Waals surface area contributed by atoms with Gasteiger partial charge in [-0.05, 0) is 25.7 Å². The number of aliphatic imine (C=N–C) groups is 1. The van der Waals surface area contributed by atoms with Crippen LogP contribution in [0.5, 0.6) is 0 Å². The van der Waals surface area contributed by atoms with Gasteiger partial charge in [-0.15, -0.1) is 0 Å². The van der Waals surface area contributed by atoms with Crippen molar-refractivity contribution in [2.24, 2.45) is 10.9 Å². The molecular formula is C17H35N5O. The highest BCUT2D eigenvalue weighted by Crippen LogP contribution is 2.15. The molecule has 0 saturated carbocycles. The summed E-state index contributed by atoms with van der Waals surface area (Å²) in [7, 11) is 0. The van der Waals surface area contributed by atoms with Gasteiger partial charge < -0.3 is 15.7 Å².